The van der Waals surface area contributed by atoms with E-state index in [-0.39, 0.29) is 11.3 Å². The van der Waals surface area contributed by atoms with E-state index in [4.69, 9.17) is 21.5 Å². The first-order chi connectivity index (χ1) is 12.3. The molecule has 2 aromatic rings. The van der Waals surface area contributed by atoms with Gasteiger partial charge in [-0.3, -0.25) is 10.1 Å². The number of hydrogen-bond acceptors (Lipinski definition) is 6. The zero-order valence-electron chi connectivity index (χ0n) is 13.0. The van der Waals surface area contributed by atoms with Crippen LogP contribution < -0.4 is 4.74 Å². The summed E-state index contributed by atoms with van der Waals surface area (Å²) in [4.78, 5) is 10.2. The van der Waals surface area contributed by atoms with E-state index < -0.39 is 45.1 Å². The number of ether oxygens (including phenoxy) is 2. The van der Waals surface area contributed by atoms with E-state index in [0.717, 1.165) is 7.11 Å². The Morgan fingerprint density at radius 2 is 1.88 bits per heavy atom. The van der Waals surface area contributed by atoms with Gasteiger partial charge in [0.1, 0.15) is 5.75 Å². The summed E-state index contributed by atoms with van der Waals surface area (Å²) in [5.41, 5.74) is -0.694. The second kappa shape index (κ2) is 8.02. The molecule has 0 aliphatic rings. The Labute approximate surface area is 149 Å². The summed E-state index contributed by atoms with van der Waals surface area (Å²) in [6.45, 7) is 0. The van der Waals surface area contributed by atoms with Crippen LogP contribution in [0.2, 0.25) is 5.02 Å². The number of para-hydroxylation sites is 1. The maximum Gasteiger partial charge on any atom is 0.362 e. The molecule has 0 fully saturated rings. The average Bonchev–Trinajstić information content (AvgIpc) is 2.62. The molecule has 1 atom stereocenters. The van der Waals surface area contributed by atoms with Crippen molar-refractivity contribution in [2.45, 2.75) is 6.23 Å². The van der Waals surface area contributed by atoms with Crippen LogP contribution >= 0.6 is 11.6 Å². The van der Waals surface area contributed by atoms with Gasteiger partial charge < -0.3 is 14.7 Å². The summed E-state index contributed by atoms with van der Waals surface area (Å²) >= 11 is 5.47. The average molecular weight is 391 g/mol. The van der Waals surface area contributed by atoms with E-state index in [1.165, 1.54) is 24.3 Å². The predicted molar refractivity (Wildman–Crippen MR) is 84.0 cm³/mol. The molecule has 11 heteroatoms. The molecule has 0 heterocycles. The molecule has 0 bridgehead atoms. The van der Waals surface area contributed by atoms with Crippen LogP contribution in [0, 0.1) is 27.6 Å². The van der Waals surface area contributed by atoms with Gasteiger partial charge in [-0.25, -0.2) is 8.78 Å². The normalized spacial score (nSPS) is 12.7. The van der Waals surface area contributed by atoms with Gasteiger partial charge in [-0.05, 0) is 12.1 Å². The first kappa shape index (κ1) is 19.5. The molecule has 2 aromatic carbocycles. The lowest BCUT2D eigenvalue weighted by molar-refractivity contribution is -0.550. The molecule has 0 aliphatic carbocycles. The third-order valence-corrected chi connectivity index (χ3v) is 3.48. The molecule has 1 unspecified atom stereocenters. The van der Waals surface area contributed by atoms with Crippen LogP contribution in [-0.4, -0.2) is 29.2 Å². The summed E-state index contributed by atoms with van der Waals surface area (Å²) in [5.74, 6) is -6.10. The maximum absolute atomic E-state index is 13.9. The smallest absolute Gasteiger partial charge is 0.362 e. The van der Waals surface area contributed by atoms with E-state index in [1.807, 2.05) is 0 Å². The molecular formula is C15H10ClF3N2O5. The van der Waals surface area contributed by atoms with Gasteiger partial charge in [0.05, 0.1) is 15.5 Å². The van der Waals surface area contributed by atoms with E-state index >= 15 is 0 Å². The number of benzene rings is 2. The lowest BCUT2D eigenvalue weighted by Crippen LogP contribution is -2.32. The fraction of sp³-hybridized carbons (Fsp3) is 0.133. The van der Waals surface area contributed by atoms with Gasteiger partial charge in [0.15, 0.2) is 23.1 Å². The van der Waals surface area contributed by atoms with Crippen molar-refractivity contribution in [3.8, 4) is 11.5 Å². The van der Waals surface area contributed by atoms with Gasteiger partial charge in [0, 0.05) is 13.2 Å². The van der Waals surface area contributed by atoms with E-state index in [0.29, 0.717) is 6.07 Å². The lowest BCUT2D eigenvalue weighted by atomic mass is 10.1. The van der Waals surface area contributed by atoms with Crippen LogP contribution in [0.1, 0.15) is 5.56 Å². The summed E-state index contributed by atoms with van der Waals surface area (Å²) in [7, 11) is 1.01. The molecule has 7 nitrogen and oxygen atoms in total. The minimum atomic E-state index is -1.86. The number of rotatable bonds is 6. The highest BCUT2D eigenvalue weighted by atomic mass is 35.5. The highest BCUT2D eigenvalue weighted by Gasteiger charge is 2.31. The third-order valence-electron chi connectivity index (χ3n) is 3.21. The molecule has 0 amide bonds. The van der Waals surface area contributed by atoms with Gasteiger partial charge in [-0.2, -0.15) is 4.39 Å². The highest BCUT2D eigenvalue weighted by Crippen LogP contribution is 2.33. The second-order valence-corrected chi connectivity index (χ2v) is 5.16. The standard InChI is InChI=1S/C15H10ClF3N2O5/c1-25-15(21(23)24)14(20-22)7-4-2-3-5-9(7)26-10-6-8(16)11(17)13(19)12(10)18/h2-6,15,22H,1H3/b20-14+. The SMILES string of the molecule is COC(/C(=N/O)c1ccccc1Oc1cc(Cl)c(F)c(F)c1F)[N+](=O)[O-]. The Bertz CT molecular complexity index is 879. The Morgan fingerprint density at radius 1 is 1.23 bits per heavy atom. The molecule has 0 saturated heterocycles. The molecule has 26 heavy (non-hydrogen) atoms. The van der Waals surface area contributed by atoms with Crippen LogP contribution in [-0.2, 0) is 4.74 Å². The van der Waals surface area contributed by atoms with Crippen molar-refractivity contribution in [3.63, 3.8) is 0 Å². The van der Waals surface area contributed by atoms with Crippen molar-refractivity contribution in [2.24, 2.45) is 5.16 Å². The fourth-order valence-corrected chi connectivity index (χ4v) is 2.23. The summed E-state index contributed by atoms with van der Waals surface area (Å²) < 4.78 is 50.5. The summed E-state index contributed by atoms with van der Waals surface area (Å²) in [5, 5.41) is 22.3. The Balaban J connectivity index is 2.53. The first-order valence-corrected chi connectivity index (χ1v) is 7.18. The summed E-state index contributed by atoms with van der Waals surface area (Å²) in [6.07, 6.45) is -1.86. The van der Waals surface area contributed by atoms with Crippen molar-refractivity contribution in [2.75, 3.05) is 7.11 Å². The minimum Gasteiger partial charge on any atom is -0.453 e. The van der Waals surface area contributed by atoms with Crippen molar-refractivity contribution < 1.29 is 32.8 Å². The van der Waals surface area contributed by atoms with E-state index in [1.54, 1.807) is 0 Å². The molecular weight excluding hydrogens is 381 g/mol. The largest absolute Gasteiger partial charge is 0.453 e. The Hall–Kier alpha value is -2.85. The maximum atomic E-state index is 13.9. The molecule has 0 radical (unpaired) electrons. The number of methoxy groups -OCH3 is 1. The molecule has 1 N–H and O–H groups in total. The lowest BCUT2D eigenvalue weighted by Gasteiger charge is -2.14. The number of oxime groups is 1. The van der Waals surface area contributed by atoms with Crippen LogP contribution in [0.25, 0.3) is 0 Å². The van der Waals surface area contributed by atoms with Crippen molar-refractivity contribution in [3.05, 3.63) is 68.5 Å². The zero-order chi connectivity index (χ0) is 19.4. The van der Waals surface area contributed by atoms with Crippen molar-refractivity contribution >= 4 is 17.3 Å². The van der Waals surface area contributed by atoms with Gasteiger partial charge in [0.2, 0.25) is 5.82 Å². The second-order valence-electron chi connectivity index (χ2n) is 4.76. The molecule has 0 aromatic heterocycles. The quantitative estimate of drug-likeness (QED) is 0.153. The van der Waals surface area contributed by atoms with Gasteiger partial charge >= 0.3 is 6.23 Å². The van der Waals surface area contributed by atoms with Crippen LogP contribution in [0.4, 0.5) is 13.2 Å². The topological polar surface area (TPSA) is 94.2 Å². The van der Waals surface area contributed by atoms with Crippen molar-refractivity contribution in [1.82, 2.24) is 0 Å². The number of halogens is 4. The Morgan fingerprint density at radius 3 is 2.46 bits per heavy atom. The number of hydrogen-bond donors (Lipinski definition) is 1. The van der Waals surface area contributed by atoms with Crippen LogP contribution in [0.3, 0.4) is 0 Å². The molecule has 0 spiro atoms. The summed E-state index contributed by atoms with van der Waals surface area (Å²) in [6, 6.07) is 6.04. The zero-order valence-corrected chi connectivity index (χ0v) is 13.7. The predicted octanol–water partition coefficient (Wildman–Crippen LogP) is 3.98. The van der Waals surface area contributed by atoms with Gasteiger partial charge in [-0.1, -0.05) is 28.9 Å². The third kappa shape index (κ3) is 3.70. The molecule has 0 aliphatic heterocycles. The van der Waals surface area contributed by atoms with E-state index in [2.05, 4.69) is 9.89 Å². The minimum absolute atomic E-state index is 0.140. The monoisotopic (exact) mass is 390 g/mol. The molecule has 138 valence electrons. The van der Waals surface area contributed by atoms with Crippen molar-refractivity contribution in [1.29, 1.82) is 0 Å². The van der Waals surface area contributed by atoms with Crippen LogP contribution in [0.5, 0.6) is 11.5 Å². The Kier molecular flexibility index (Phi) is 6.01. The molecule has 0 saturated carbocycles. The van der Waals surface area contributed by atoms with E-state index in [9.17, 15) is 23.3 Å². The number of nitro groups is 1. The van der Waals surface area contributed by atoms with Gasteiger partial charge in [-0.15, -0.1) is 0 Å². The number of nitrogens with zero attached hydrogens (tertiary/aromatic N) is 2. The first-order valence-electron chi connectivity index (χ1n) is 6.80. The van der Waals surface area contributed by atoms with Crippen LogP contribution in [0.15, 0.2) is 35.5 Å². The molecule has 2 rings (SSSR count). The highest BCUT2D eigenvalue weighted by molar-refractivity contribution is 6.30. The van der Waals surface area contributed by atoms with Gasteiger partial charge in [0.25, 0.3) is 0 Å². The fourth-order valence-electron chi connectivity index (χ4n) is 2.04.